The Morgan fingerprint density at radius 3 is 2.25 bits per heavy atom. The quantitative estimate of drug-likeness (QED) is 0.845. The predicted octanol–water partition coefficient (Wildman–Crippen LogP) is 2.89. The summed E-state index contributed by atoms with van der Waals surface area (Å²) in [5.41, 5.74) is 1.29. The summed E-state index contributed by atoms with van der Waals surface area (Å²) in [6.07, 6.45) is 3.65. The fraction of sp³-hybridized carbons (Fsp3) is 0.571. The Balaban J connectivity index is 2.12. The van der Waals surface area contributed by atoms with Gasteiger partial charge in [-0.25, -0.2) is 0 Å². The molecule has 0 heterocycles. The van der Waals surface area contributed by atoms with Crippen molar-refractivity contribution in [2.75, 3.05) is 6.61 Å². The zero-order chi connectivity index (χ0) is 11.6. The third-order valence-electron chi connectivity index (χ3n) is 3.45. The molecule has 0 spiro atoms. The number of aliphatic hydroxyl groups is 1. The van der Waals surface area contributed by atoms with E-state index in [4.69, 9.17) is 4.74 Å². The van der Waals surface area contributed by atoms with Gasteiger partial charge in [0.1, 0.15) is 5.75 Å². The second-order valence-corrected chi connectivity index (χ2v) is 4.98. The van der Waals surface area contributed by atoms with Crippen molar-refractivity contribution >= 4 is 0 Å². The summed E-state index contributed by atoms with van der Waals surface area (Å²) >= 11 is 0. The van der Waals surface area contributed by atoms with Crippen molar-refractivity contribution in [3.63, 3.8) is 0 Å². The van der Waals surface area contributed by atoms with Crippen molar-refractivity contribution in [3.8, 4) is 5.75 Å². The number of benzene rings is 1. The lowest BCUT2D eigenvalue weighted by molar-refractivity contribution is 0.120. The molecule has 0 aromatic heterocycles. The SMILES string of the molecule is CC(C)Oc1ccc(C2(CO)CCC2)cc1. The standard InChI is InChI=1S/C14H20O2/c1-11(2)16-13-6-4-12(5-7-13)14(10-15)8-3-9-14/h4-7,11,15H,3,8-10H2,1-2H3. The maximum absolute atomic E-state index is 9.47. The number of aliphatic hydroxyl groups excluding tert-OH is 1. The minimum atomic E-state index is 0.0381. The van der Waals surface area contributed by atoms with Crippen LogP contribution in [0.25, 0.3) is 0 Å². The van der Waals surface area contributed by atoms with Gasteiger partial charge in [-0.1, -0.05) is 18.6 Å². The average Bonchev–Trinajstić information content (AvgIpc) is 2.19. The van der Waals surface area contributed by atoms with Gasteiger partial charge in [-0.05, 0) is 44.4 Å². The second-order valence-electron chi connectivity index (χ2n) is 4.98. The molecule has 0 saturated heterocycles. The predicted molar refractivity (Wildman–Crippen MR) is 64.8 cm³/mol. The Labute approximate surface area is 97.3 Å². The Hall–Kier alpha value is -1.02. The second kappa shape index (κ2) is 4.46. The average molecular weight is 220 g/mol. The largest absolute Gasteiger partial charge is 0.491 e. The van der Waals surface area contributed by atoms with Crippen molar-refractivity contribution in [1.82, 2.24) is 0 Å². The summed E-state index contributed by atoms with van der Waals surface area (Å²) in [7, 11) is 0. The first-order chi connectivity index (χ1) is 7.66. The fourth-order valence-corrected chi connectivity index (χ4v) is 2.30. The Morgan fingerprint density at radius 1 is 1.25 bits per heavy atom. The van der Waals surface area contributed by atoms with Gasteiger partial charge in [0.2, 0.25) is 0 Å². The van der Waals surface area contributed by atoms with Gasteiger partial charge in [-0.15, -0.1) is 0 Å². The topological polar surface area (TPSA) is 29.5 Å². The van der Waals surface area contributed by atoms with Crippen molar-refractivity contribution in [1.29, 1.82) is 0 Å². The van der Waals surface area contributed by atoms with Crippen LogP contribution >= 0.6 is 0 Å². The molecule has 0 amide bonds. The van der Waals surface area contributed by atoms with E-state index in [1.807, 2.05) is 26.0 Å². The lowest BCUT2D eigenvalue weighted by Crippen LogP contribution is -2.37. The molecule has 1 fully saturated rings. The summed E-state index contributed by atoms with van der Waals surface area (Å²) in [6.45, 7) is 4.31. The molecule has 2 nitrogen and oxygen atoms in total. The van der Waals surface area contributed by atoms with Crippen molar-refractivity contribution in [2.45, 2.75) is 44.6 Å². The van der Waals surface area contributed by atoms with Crippen molar-refractivity contribution in [2.24, 2.45) is 0 Å². The van der Waals surface area contributed by atoms with Gasteiger partial charge in [-0.2, -0.15) is 0 Å². The van der Waals surface area contributed by atoms with Crippen LogP contribution < -0.4 is 4.74 Å². The lowest BCUT2D eigenvalue weighted by Gasteiger charge is -2.40. The molecule has 88 valence electrons. The van der Waals surface area contributed by atoms with Crippen LogP contribution in [-0.2, 0) is 5.41 Å². The Morgan fingerprint density at radius 2 is 1.88 bits per heavy atom. The molecule has 16 heavy (non-hydrogen) atoms. The van der Waals surface area contributed by atoms with E-state index >= 15 is 0 Å². The first kappa shape index (κ1) is 11.5. The summed E-state index contributed by atoms with van der Waals surface area (Å²) < 4.78 is 5.60. The highest BCUT2D eigenvalue weighted by molar-refractivity contribution is 5.34. The first-order valence-corrected chi connectivity index (χ1v) is 6.04. The molecule has 1 aromatic rings. The zero-order valence-electron chi connectivity index (χ0n) is 10.1. The number of hydrogen-bond acceptors (Lipinski definition) is 2. The summed E-state index contributed by atoms with van der Waals surface area (Å²) in [6, 6.07) is 8.19. The molecule has 0 atom stereocenters. The van der Waals surface area contributed by atoms with E-state index in [1.54, 1.807) is 0 Å². The third-order valence-corrected chi connectivity index (χ3v) is 3.45. The molecule has 0 aliphatic heterocycles. The molecule has 0 unspecified atom stereocenters. The van der Waals surface area contributed by atoms with E-state index in [0.29, 0.717) is 0 Å². The van der Waals surface area contributed by atoms with Gasteiger partial charge in [0, 0.05) is 5.41 Å². The van der Waals surface area contributed by atoms with Crippen LogP contribution in [0.15, 0.2) is 24.3 Å². The number of hydrogen-bond donors (Lipinski definition) is 1. The molecule has 0 radical (unpaired) electrons. The summed E-state index contributed by atoms with van der Waals surface area (Å²) in [5.74, 6) is 0.908. The minimum absolute atomic E-state index is 0.0381. The lowest BCUT2D eigenvalue weighted by atomic mass is 9.65. The monoisotopic (exact) mass is 220 g/mol. The fourth-order valence-electron chi connectivity index (χ4n) is 2.30. The van der Waals surface area contributed by atoms with Crippen LogP contribution in [-0.4, -0.2) is 17.8 Å². The van der Waals surface area contributed by atoms with E-state index in [1.165, 1.54) is 12.0 Å². The van der Waals surface area contributed by atoms with Gasteiger partial charge in [0.25, 0.3) is 0 Å². The smallest absolute Gasteiger partial charge is 0.119 e. The Bertz CT molecular complexity index is 331. The summed E-state index contributed by atoms with van der Waals surface area (Å²) in [4.78, 5) is 0. The van der Waals surface area contributed by atoms with Crippen molar-refractivity contribution in [3.05, 3.63) is 29.8 Å². The van der Waals surface area contributed by atoms with Crippen LogP contribution in [0.1, 0.15) is 38.7 Å². The van der Waals surface area contributed by atoms with Gasteiger partial charge in [0.05, 0.1) is 12.7 Å². The number of ether oxygens (including phenoxy) is 1. The minimum Gasteiger partial charge on any atom is -0.491 e. The normalized spacial score (nSPS) is 18.2. The molecule has 2 rings (SSSR count). The van der Waals surface area contributed by atoms with Crippen LogP contribution in [0, 0.1) is 0 Å². The summed E-state index contributed by atoms with van der Waals surface area (Å²) in [5, 5.41) is 9.47. The number of rotatable bonds is 4. The first-order valence-electron chi connectivity index (χ1n) is 6.04. The molecule has 1 saturated carbocycles. The van der Waals surface area contributed by atoms with Gasteiger partial charge < -0.3 is 9.84 Å². The highest BCUT2D eigenvalue weighted by Crippen LogP contribution is 2.43. The van der Waals surface area contributed by atoms with Gasteiger partial charge in [0.15, 0.2) is 0 Å². The van der Waals surface area contributed by atoms with Crippen LogP contribution in [0.5, 0.6) is 5.75 Å². The van der Waals surface area contributed by atoms with E-state index < -0.39 is 0 Å². The maximum atomic E-state index is 9.47. The molecular weight excluding hydrogens is 200 g/mol. The van der Waals surface area contributed by atoms with Crippen LogP contribution in [0.3, 0.4) is 0 Å². The zero-order valence-corrected chi connectivity index (χ0v) is 10.1. The molecule has 1 aliphatic rings. The van der Waals surface area contributed by atoms with E-state index in [0.717, 1.165) is 18.6 Å². The van der Waals surface area contributed by atoms with Gasteiger partial charge >= 0.3 is 0 Å². The third kappa shape index (κ3) is 2.07. The van der Waals surface area contributed by atoms with Crippen LogP contribution in [0.2, 0.25) is 0 Å². The molecule has 1 aromatic carbocycles. The highest BCUT2D eigenvalue weighted by Gasteiger charge is 2.37. The van der Waals surface area contributed by atoms with Gasteiger partial charge in [-0.3, -0.25) is 0 Å². The van der Waals surface area contributed by atoms with E-state index in [9.17, 15) is 5.11 Å². The Kier molecular flexibility index (Phi) is 3.20. The molecule has 0 bridgehead atoms. The van der Waals surface area contributed by atoms with E-state index in [2.05, 4.69) is 12.1 Å². The van der Waals surface area contributed by atoms with Crippen LogP contribution in [0.4, 0.5) is 0 Å². The highest BCUT2D eigenvalue weighted by atomic mass is 16.5. The molecule has 2 heteroatoms. The van der Waals surface area contributed by atoms with E-state index in [-0.39, 0.29) is 18.1 Å². The molecule has 1 N–H and O–H groups in total. The maximum Gasteiger partial charge on any atom is 0.119 e. The molecule has 1 aliphatic carbocycles. The molecular formula is C14H20O2. The van der Waals surface area contributed by atoms with Crippen molar-refractivity contribution < 1.29 is 9.84 Å².